The second-order valence-electron chi connectivity index (χ2n) is 3.87. The van der Waals surface area contributed by atoms with Crippen LogP contribution in [0.25, 0.3) is 0 Å². The van der Waals surface area contributed by atoms with E-state index in [2.05, 4.69) is 11.4 Å². The maximum Gasteiger partial charge on any atom is 0.220 e. The Morgan fingerprint density at radius 2 is 2.19 bits per heavy atom. The average Bonchev–Trinajstić information content (AvgIpc) is 2.30. The summed E-state index contributed by atoms with van der Waals surface area (Å²) in [6, 6.07) is 10.6. The topological polar surface area (TPSA) is 49.3 Å². The van der Waals surface area contributed by atoms with Crippen LogP contribution in [0.4, 0.5) is 0 Å². The number of carbonyl (C=O) groups is 1. The van der Waals surface area contributed by atoms with Crippen molar-refractivity contribution in [2.45, 2.75) is 25.7 Å². The van der Waals surface area contributed by atoms with Gasteiger partial charge in [0.25, 0.3) is 0 Å². The van der Waals surface area contributed by atoms with Crippen molar-refractivity contribution in [1.82, 2.24) is 5.32 Å². The number of aliphatic hydroxyl groups is 1. The number of aliphatic hydroxyl groups excluding tert-OH is 1. The van der Waals surface area contributed by atoms with E-state index in [4.69, 9.17) is 5.11 Å². The molecule has 1 aromatic carbocycles. The molecule has 1 unspecified atom stereocenters. The normalized spacial score (nSPS) is 12.1. The van der Waals surface area contributed by atoms with Crippen molar-refractivity contribution in [1.29, 1.82) is 0 Å². The van der Waals surface area contributed by atoms with E-state index in [1.807, 2.05) is 31.2 Å². The van der Waals surface area contributed by atoms with E-state index in [1.165, 1.54) is 0 Å². The van der Waals surface area contributed by atoms with E-state index in [1.54, 1.807) is 0 Å². The first-order chi connectivity index (χ1) is 7.74. The van der Waals surface area contributed by atoms with Crippen molar-refractivity contribution >= 4 is 5.91 Å². The summed E-state index contributed by atoms with van der Waals surface area (Å²) in [7, 11) is 0. The lowest BCUT2D eigenvalue weighted by molar-refractivity contribution is -0.121. The van der Waals surface area contributed by atoms with Crippen molar-refractivity contribution in [2.75, 3.05) is 13.2 Å². The highest BCUT2D eigenvalue weighted by Gasteiger charge is 2.09. The van der Waals surface area contributed by atoms with E-state index in [9.17, 15) is 4.79 Å². The molecule has 2 N–H and O–H groups in total. The largest absolute Gasteiger partial charge is 0.396 e. The molecule has 1 atom stereocenters. The van der Waals surface area contributed by atoms with Crippen LogP contribution in [0.15, 0.2) is 24.3 Å². The number of amides is 1. The Hall–Kier alpha value is -1.35. The molecule has 0 aliphatic rings. The summed E-state index contributed by atoms with van der Waals surface area (Å²) in [5.74, 6) is 0.248. The molecule has 16 heavy (non-hydrogen) atoms. The van der Waals surface area contributed by atoms with Crippen LogP contribution in [0, 0.1) is 6.07 Å². The van der Waals surface area contributed by atoms with Gasteiger partial charge in [0.15, 0.2) is 0 Å². The Labute approximate surface area is 96.5 Å². The first-order valence-corrected chi connectivity index (χ1v) is 5.57. The van der Waals surface area contributed by atoms with Gasteiger partial charge in [-0.3, -0.25) is 4.79 Å². The fourth-order valence-electron chi connectivity index (χ4n) is 1.50. The van der Waals surface area contributed by atoms with Crippen LogP contribution in [0.3, 0.4) is 0 Å². The molecule has 0 saturated heterocycles. The number of benzene rings is 1. The van der Waals surface area contributed by atoms with E-state index >= 15 is 0 Å². The van der Waals surface area contributed by atoms with Crippen LogP contribution < -0.4 is 5.32 Å². The summed E-state index contributed by atoms with van der Waals surface area (Å²) in [6.07, 6.45) is 1.09. The molecular weight excluding hydrogens is 202 g/mol. The van der Waals surface area contributed by atoms with Gasteiger partial charge in [0.1, 0.15) is 0 Å². The summed E-state index contributed by atoms with van der Waals surface area (Å²) < 4.78 is 0. The van der Waals surface area contributed by atoms with Gasteiger partial charge in [0.05, 0.1) is 0 Å². The highest BCUT2D eigenvalue weighted by atomic mass is 16.3. The van der Waals surface area contributed by atoms with E-state index in [0.717, 1.165) is 5.56 Å². The van der Waals surface area contributed by atoms with Gasteiger partial charge in [-0.15, -0.1) is 0 Å². The lowest BCUT2D eigenvalue weighted by Crippen LogP contribution is -2.26. The van der Waals surface area contributed by atoms with Gasteiger partial charge in [-0.25, -0.2) is 0 Å². The number of rotatable bonds is 6. The predicted molar refractivity (Wildman–Crippen MR) is 63.0 cm³/mol. The average molecular weight is 220 g/mol. The SMILES string of the molecule is CC(CC(=O)NCCCO)c1cc[c]cc1. The molecule has 0 aliphatic heterocycles. The number of hydrogen-bond acceptors (Lipinski definition) is 2. The standard InChI is InChI=1S/C13H18NO2/c1-11(12-6-3-2-4-7-12)10-13(16)14-8-5-9-15/h3-4,6-7,11,15H,5,8-10H2,1H3,(H,14,16). The Balaban J connectivity index is 2.34. The van der Waals surface area contributed by atoms with Crippen molar-refractivity contribution < 1.29 is 9.90 Å². The van der Waals surface area contributed by atoms with Gasteiger partial charge in [-0.2, -0.15) is 0 Å². The van der Waals surface area contributed by atoms with Gasteiger partial charge in [0, 0.05) is 19.6 Å². The molecule has 0 fully saturated rings. The highest BCUT2D eigenvalue weighted by molar-refractivity contribution is 5.76. The first kappa shape index (κ1) is 12.7. The van der Waals surface area contributed by atoms with Crippen molar-refractivity contribution in [3.63, 3.8) is 0 Å². The fourth-order valence-corrected chi connectivity index (χ4v) is 1.50. The Morgan fingerprint density at radius 3 is 2.81 bits per heavy atom. The summed E-state index contributed by atoms with van der Waals surface area (Å²) in [5.41, 5.74) is 1.15. The molecule has 0 spiro atoms. The van der Waals surface area contributed by atoms with Crippen LogP contribution in [-0.4, -0.2) is 24.2 Å². The molecule has 1 amide bonds. The van der Waals surface area contributed by atoms with Gasteiger partial charge in [0.2, 0.25) is 5.91 Å². The van der Waals surface area contributed by atoms with Crippen LogP contribution in [0.1, 0.15) is 31.2 Å². The van der Waals surface area contributed by atoms with Crippen LogP contribution in [-0.2, 0) is 4.79 Å². The minimum atomic E-state index is 0.0359. The molecule has 0 aromatic heterocycles. The lowest BCUT2D eigenvalue weighted by atomic mass is 9.98. The Morgan fingerprint density at radius 1 is 1.50 bits per heavy atom. The minimum Gasteiger partial charge on any atom is -0.396 e. The molecule has 0 aliphatic carbocycles. The van der Waals surface area contributed by atoms with E-state index in [0.29, 0.717) is 19.4 Å². The molecule has 1 rings (SSSR count). The van der Waals surface area contributed by atoms with Gasteiger partial charge in [-0.05, 0) is 24.0 Å². The maximum atomic E-state index is 11.5. The molecule has 87 valence electrons. The first-order valence-electron chi connectivity index (χ1n) is 5.57. The summed E-state index contributed by atoms with van der Waals surface area (Å²) in [6.45, 7) is 2.69. The second-order valence-corrected chi connectivity index (χ2v) is 3.87. The second kappa shape index (κ2) is 7.01. The van der Waals surface area contributed by atoms with E-state index < -0.39 is 0 Å². The third-order valence-electron chi connectivity index (χ3n) is 2.46. The number of nitrogens with one attached hydrogen (secondary N) is 1. The van der Waals surface area contributed by atoms with Crippen molar-refractivity contribution in [3.8, 4) is 0 Å². The zero-order valence-corrected chi connectivity index (χ0v) is 9.57. The highest BCUT2D eigenvalue weighted by Crippen LogP contribution is 2.17. The monoisotopic (exact) mass is 220 g/mol. The molecule has 3 heteroatoms. The smallest absolute Gasteiger partial charge is 0.220 e. The van der Waals surface area contributed by atoms with Crippen LogP contribution in [0.2, 0.25) is 0 Å². The number of carbonyl (C=O) groups excluding carboxylic acids is 1. The quantitative estimate of drug-likeness (QED) is 0.713. The van der Waals surface area contributed by atoms with Crippen LogP contribution >= 0.6 is 0 Å². The van der Waals surface area contributed by atoms with Gasteiger partial charge < -0.3 is 10.4 Å². The predicted octanol–water partition coefficient (Wildman–Crippen LogP) is 1.48. The minimum absolute atomic E-state index is 0.0359. The van der Waals surface area contributed by atoms with E-state index in [-0.39, 0.29) is 18.4 Å². The third-order valence-corrected chi connectivity index (χ3v) is 2.46. The van der Waals surface area contributed by atoms with Crippen molar-refractivity contribution in [3.05, 3.63) is 35.9 Å². The molecule has 0 saturated carbocycles. The lowest BCUT2D eigenvalue weighted by Gasteiger charge is -2.11. The zero-order chi connectivity index (χ0) is 11.8. The molecule has 1 radical (unpaired) electrons. The molecule has 0 bridgehead atoms. The Kier molecular flexibility index (Phi) is 5.57. The summed E-state index contributed by atoms with van der Waals surface area (Å²) in [5, 5.41) is 11.4. The number of hydrogen-bond donors (Lipinski definition) is 2. The Bertz CT molecular complexity index is 311. The molecule has 0 heterocycles. The van der Waals surface area contributed by atoms with Crippen LogP contribution in [0.5, 0.6) is 0 Å². The van der Waals surface area contributed by atoms with Crippen molar-refractivity contribution in [2.24, 2.45) is 0 Å². The van der Waals surface area contributed by atoms with Gasteiger partial charge in [-0.1, -0.05) is 31.2 Å². The third kappa shape index (κ3) is 4.45. The summed E-state index contributed by atoms with van der Waals surface area (Å²) in [4.78, 5) is 11.5. The molecular formula is C13H18NO2. The fraction of sp³-hybridized carbons (Fsp3) is 0.462. The molecule has 3 nitrogen and oxygen atoms in total. The zero-order valence-electron chi connectivity index (χ0n) is 9.57. The maximum absolute atomic E-state index is 11.5. The summed E-state index contributed by atoms with van der Waals surface area (Å²) >= 11 is 0. The van der Waals surface area contributed by atoms with Gasteiger partial charge >= 0.3 is 0 Å². The molecule has 1 aromatic rings.